The molecule has 0 spiro atoms. The largest absolute Gasteiger partial charge is 0.241 e. The Kier molecular flexibility index (Phi) is 4.49. The second-order valence-corrected chi connectivity index (χ2v) is 8.98. The van der Waals surface area contributed by atoms with Gasteiger partial charge in [-0.2, -0.15) is 0 Å². The summed E-state index contributed by atoms with van der Waals surface area (Å²) < 4.78 is 28.5. The smallest absolute Gasteiger partial charge is 0.210 e. The van der Waals surface area contributed by atoms with Crippen LogP contribution in [-0.2, 0) is 15.4 Å². The van der Waals surface area contributed by atoms with E-state index in [0.717, 1.165) is 35.1 Å². The third-order valence-corrected chi connectivity index (χ3v) is 6.74. The zero-order valence-corrected chi connectivity index (χ0v) is 15.8. The molecule has 0 amide bonds. The number of benzene rings is 2. The molecule has 1 aliphatic rings. The maximum absolute atomic E-state index is 12.8. The average molecular weight is 364 g/mol. The Morgan fingerprint density at radius 2 is 1.58 bits per heavy atom. The molecule has 3 rings (SSSR count). The van der Waals surface area contributed by atoms with E-state index in [-0.39, 0.29) is 5.41 Å². The van der Waals surface area contributed by atoms with Gasteiger partial charge in [-0.15, -0.1) is 0 Å². The van der Waals surface area contributed by atoms with E-state index in [1.165, 1.54) is 0 Å². The lowest BCUT2D eigenvalue weighted by Gasteiger charge is -2.18. The van der Waals surface area contributed by atoms with Crippen molar-refractivity contribution < 1.29 is 8.42 Å². The Hall–Kier alpha value is -1.36. The van der Waals surface area contributed by atoms with Gasteiger partial charge in [-0.25, -0.2) is 13.1 Å². The standard InChI is InChI=1S/C19H22ClNO2S/c1-13-10-14(2)18(15(3)11-13)24(22,23)21-12-19(8-9-19)16-4-6-17(20)7-5-16/h4-7,10-11,21H,8-9,12H2,1-3H3. The van der Waals surface area contributed by atoms with Gasteiger partial charge in [-0.1, -0.05) is 41.4 Å². The average Bonchev–Trinajstić information content (AvgIpc) is 3.26. The van der Waals surface area contributed by atoms with Gasteiger partial charge in [0.25, 0.3) is 0 Å². The molecule has 0 atom stereocenters. The fourth-order valence-corrected chi connectivity index (χ4v) is 5.12. The molecule has 1 fully saturated rings. The highest BCUT2D eigenvalue weighted by atomic mass is 35.5. The molecule has 2 aromatic carbocycles. The molecule has 0 heterocycles. The summed E-state index contributed by atoms with van der Waals surface area (Å²) >= 11 is 5.95. The Morgan fingerprint density at radius 1 is 1.04 bits per heavy atom. The Morgan fingerprint density at radius 3 is 2.08 bits per heavy atom. The van der Waals surface area contributed by atoms with E-state index in [4.69, 9.17) is 11.6 Å². The molecule has 128 valence electrons. The fraction of sp³-hybridized carbons (Fsp3) is 0.368. The van der Waals surface area contributed by atoms with Crippen molar-refractivity contribution >= 4 is 21.6 Å². The van der Waals surface area contributed by atoms with Crippen LogP contribution in [-0.4, -0.2) is 15.0 Å². The molecule has 1 N–H and O–H groups in total. The Bertz CT molecular complexity index is 846. The number of halogens is 1. The van der Waals surface area contributed by atoms with Crippen LogP contribution in [0.3, 0.4) is 0 Å². The molecular weight excluding hydrogens is 342 g/mol. The maximum atomic E-state index is 12.8. The van der Waals surface area contributed by atoms with Crippen LogP contribution < -0.4 is 4.72 Å². The number of sulfonamides is 1. The molecule has 0 saturated heterocycles. The molecule has 0 aliphatic heterocycles. The third kappa shape index (κ3) is 3.37. The monoisotopic (exact) mass is 363 g/mol. The highest BCUT2D eigenvalue weighted by molar-refractivity contribution is 7.89. The normalized spacial score (nSPS) is 16.2. The van der Waals surface area contributed by atoms with Gasteiger partial charge in [-0.3, -0.25) is 0 Å². The molecule has 0 aromatic heterocycles. The van der Waals surface area contributed by atoms with E-state index in [2.05, 4.69) is 4.72 Å². The molecule has 1 aliphatic carbocycles. The van der Waals surface area contributed by atoms with Gasteiger partial charge < -0.3 is 0 Å². The minimum absolute atomic E-state index is 0.0931. The van der Waals surface area contributed by atoms with Crippen molar-refractivity contribution in [1.82, 2.24) is 4.72 Å². The van der Waals surface area contributed by atoms with Gasteiger partial charge in [-0.05, 0) is 62.4 Å². The second-order valence-electron chi connectivity index (χ2n) is 6.84. The molecule has 1 saturated carbocycles. The van der Waals surface area contributed by atoms with Crippen LogP contribution in [0.4, 0.5) is 0 Å². The Labute approximate surface area is 149 Å². The summed E-state index contributed by atoms with van der Waals surface area (Å²) in [4.78, 5) is 0.403. The predicted octanol–water partition coefficient (Wildman–Crippen LogP) is 4.28. The van der Waals surface area contributed by atoms with E-state index in [9.17, 15) is 8.42 Å². The van der Waals surface area contributed by atoms with Gasteiger partial charge in [0.2, 0.25) is 10.0 Å². The molecular formula is C19H22ClNO2S. The SMILES string of the molecule is Cc1cc(C)c(S(=O)(=O)NCC2(c3ccc(Cl)cc3)CC2)c(C)c1. The molecule has 0 radical (unpaired) electrons. The topological polar surface area (TPSA) is 46.2 Å². The summed E-state index contributed by atoms with van der Waals surface area (Å²) in [5.41, 5.74) is 3.70. The first-order valence-electron chi connectivity index (χ1n) is 8.07. The summed E-state index contributed by atoms with van der Waals surface area (Å²) in [5, 5.41) is 0.695. The lowest BCUT2D eigenvalue weighted by atomic mass is 9.96. The van der Waals surface area contributed by atoms with Gasteiger partial charge in [0, 0.05) is 17.0 Å². The molecule has 2 aromatic rings. The zero-order valence-electron chi connectivity index (χ0n) is 14.2. The molecule has 0 bridgehead atoms. The van der Waals surface area contributed by atoms with Crippen LogP contribution in [0, 0.1) is 20.8 Å². The Balaban J connectivity index is 1.83. The van der Waals surface area contributed by atoms with Crippen LogP contribution >= 0.6 is 11.6 Å². The highest BCUT2D eigenvalue weighted by Gasteiger charge is 2.44. The van der Waals surface area contributed by atoms with E-state index in [1.54, 1.807) is 0 Å². The van der Waals surface area contributed by atoms with Gasteiger partial charge in [0.05, 0.1) is 4.90 Å². The first-order chi connectivity index (χ1) is 11.2. The zero-order chi connectivity index (χ0) is 17.5. The maximum Gasteiger partial charge on any atom is 0.241 e. The van der Waals surface area contributed by atoms with Crippen LogP contribution in [0.15, 0.2) is 41.3 Å². The lowest BCUT2D eigenvalue weighted by Crippen LogP contribution is -2.33. The van der Waals surface area contributed by atoms with Crippen LogP contribution in [0.5, 0.6) is 0 Å². The van der Waals surface area contributed by atoms with Crippen LogP contribution in [0.1, 0.15) is 35.1 Å². The number of rotatable bonds is 5. The minimum atomic E-state index is -3.52. The number of hydrogen-bond donors (Lipinski definition) is 1. The van der Waals surface area contributed by atoms with Crippen molar-refractivity contribution in [3.8, 4) is 0 Å². The third-order valence-electron chi connectivity index (χ3n) is 4.78. The van der Waals surface area contributed by atoms with E-state index in [1.807, 2.05) is 57.2 Å². The van der Waals surface area contributed by atoms with Crippen molar-refractivity contribution in [3.63, 3.8) is 0 Å². The molecule has 5 heteroatoms. The number of nitrogens with one attached hydrogen (secondary N) is 1. The second kappa shape index (κ2) is 6.17. The quantitative estimate of drug-likeness (QED) is 0.861. The minimum Gasteiger partial charge on any atom is -0.210 e. The van der Waals surface area contributed by atoms with Crippen molar-refractivity contribution in [2.24, 2.45) is 0 Å². The van der Waals surface area contributed by atoms with Crippen LogP contribution in [0.2, 0.25) is 5.02 Å². The van der Waals surface area contributed by atoms with Crippen molar-refractivity contribution in [1.29, 1.82) is 0 Å². The molecule has 0 unspecified atom stereocenters. The summed E-state index contributed by atoms with van der Waals surface area (Å²) in [6, 6.07) is 11.5. The van der Waals surface area contributed by atoms with E-state index in [0.29, 0.717) is 16.5 Å². The summed E-state index contributed by atoms with van der Waals surface area (Å²) in [5.74, 6) is 0. The van der Waals surface area contributed by atoms with E-state index >= 15 is 0 Å². The van der Waals surface area contributed by atoms with E-state index < -0.39 is 10.0 Å². The predicted molar refractivity (Wildman–Crippen MR) is 98.2 cm³/mol. The number of aryl methyl sites for hydroxylation is 3. The lowest BCUT2D eigenvalue weighted by molar-refractivity contribution is 0.566. The van der Waals surface area contributed by atoms with Gasteiger partial charge in [0.15, 0.2) is 0 Å². The highest BCUT2D eigenvalue weighted by Crippen LogP contribution is 2.48. The first-order valence-corrected chi connectivity index (χ1v) is 9.93. The van der Waals surface area contributed by atoms with Crippen molar-refractivity contribution in [3.05, 3.63) is 63.7 Å². The fourth-order valence-electron chi connectivity index (χ4n) is 3.42. The molecule has 24 heavy (non-hydrogen) atoms. The summed E-state index contributed by atoms with van der Waals surface area (Å²) in [6.45, 7) is 6.09. The van der Waals surface area contributed by atoms with Gasteiger partial charge in [0.1, 0.15) is 0 Å². The van der Waals surface area contributed by atoms with Crippen molar-refractivity contribution in [2.45, 2.75) is 43.9 Å². The van der Waals surface area contributed by atoms with Crippen LogP contribution in [0.25, 0.3) is 0 Å². The number of hydrogen-bond acceptors (Lipinski definition) is 2. The summed E-state index contributed by atoms with van der Waals surface area (Å²) in [7, 11) is -3.52. The first kappa shape index (κ1) is 17.5. The van der Waals surface area contributed by atoms with Crippen molar-refractivity contribution in [2.75, 3.05) is 6.54 Å². The molecule has 3 nitrogen and oxygen atoms in total. The van der Waals surface area contributed by atoms with Gasteiger partial charge >= 0.3 is 0 Å². The summed E-state index contributed by atoms with van der Waals surface area (Å²) in [6.07, 6.45) is 1.98.